The molecule has 0 bridgehead atoms. The standard InChI is InChI=1S/C12H19N3O2S/c1-15(8-3-9-18(2,16)17)11-6-4-10(5-7-11)12(13)14/h4-7H,3,8-9H2,1-2H3,(H3,13,14). The normalized spacial score (nSPS) is 11.2. The van der Waals surface area contributed by atoms with Crippen molar-refractivity contribution in [1.82, 2.24) is 0 Å². The number of sulfone groups is 1. The van der Waals surface area contributed by atoms with Gasteiger partial charge in [0.15, 0.2) is 0 Å². The fourth-order valence-corrected chi connectivity index (χ4v) is 2.24. The Bertz CT molecular complexity index is 509. The van der Waals surface area contributed by atoms with Crippen molar-refractivity contribution < 1.29 is 8.42 Å². The molecule has 0 unspecified atom stereocenters. The zero-order valence-corrected chi connectivity index (χ0v) is 11.5. The highest BCUT2D eigenvalue weighted by Crippen LogP contribution is 2.13. The predicted molar refractivity (Wildman–Crippen MR) is 75.1 cm³/mol. The van der Waals surface area contributed by atoms with Crippen LogP contribution in [0.3, 0.4) is 0 Å². The van der Waals surface area contributed by atoms with Crippen molar-refractivity contribution in [3.8, 4) is 0 Å². The monoisotopic (exact) mass is 269 g/mol. The van der Waals surface area contributed by atoms with Gasteiger partial charge in [-0.2, -0.15) is 0 Å². The molecule has 0 saturated carbocycles. The van der Waals surface area contributed by atoms with Crippen molar-refractivity contribution in [2.24, 2.45) is 5.73 Å². The van der Waals surface area contributed by atoms with Crippen molar-refractivity contribution in [3.63, 3.8) is 0 Å². The van der Waals surface area contributed by atoms with Crippen LogP contribution in [0.15, 0.2) is 24.3 Å². The third-order valence-electron chi connectivity index (χ3n) is 2.63. The molecule has 0 radical (unpaired) electrons. The Morgan fingerprint density at radius 2 is 1.89 bits per heavy atom. The number of benzene rings is 1. The molecule has 1 rings (SSSR count). The zero-order valence-electron chi connectivity index (χ0n) is 10.7. The molecule has 0 atom stereocenters. The Morgan fingerprint density at radius 3 is 2.33 bits per heavy atom. The molecule has 1 aromatic rings. The van der Waals surface area contributed by atoms with Gasteiger partial charge in [0.25, 0.3) is 0 Å². The fraction of sp³-hybridized carbons (Fsp3) is 0.417. The van der Waals surface area contributed by atoms with Crippen LogP contribution in [-0.2, 0) is 9.84 Å². The highest BCUT2D eigenvalue weighted by molar-refractivity contribution is 7.90. The summed E-state index contributed by atoms with van der Waals surface area (Å²) in [6.45, 7) is 0.673. The van der Waals surface area contributed by atoms with Gasteiger partial charge in [0.05, 0.1) is 5.75 Å². The predicted octanol–water partition coefficient (Wildman–Crippen LogP) is 0.842. The lowest BCUT2D eigenvalue weighted by atomic mass is 10.2. The van der Waals surface area contributed by atoms with Crippen molar-refractivity contribution in [2.75, 3.05) is 30.5 Å². The summed E-state index contributed by atoms with van der Waals surface area (Å²) in [6.07, 6.45) is 1.85. The molecule has 100 valence electrons. The van der Waals surface area contributed by atoms with Crippen LogP contribution in [0.25, 0.3) is 0 Å². The second-order valence-electron chi connectivity index (χ2n) is 4.37. The largest absolute Gasteiger partial charge is 0.384 e. The van der Waals surface area contributed by atoms with Crippen molar-refractivity contribution in [3.05, 3.63) is 29.8 Å². The lowest BCUT2D eigenvalue weighted by Gasteiger charge is -2.19. The number of nitrogens with zero attached hydrogens (tertiary/aromatic N) is 1. The average Bonchev–Trinajstić information content (AvgIpc) is 2.27. The quantitative estimate of drug-likeness (QED) is 0.592. The molecule has 0 heterocycles. The summed E-state index contributed by atoms with van der Waals surface area (Å²) in [6, 6.07) is 7.31. The third-order valence-corrected chi connectivity index (χ3v) is 3.66. The summed E-state index contributed by atoms with van der Waals surface area (Å²) in [5.74, 6) is 0.240. The maximum Gasteiger partial charge on any atom is 0.147 e. The topological polar surface area (TPSA) is 87.2 Å². The minimum atomic E-state index is -2.89. The maximum absolute atomic E-state index is 11.0. The Balaban J connectivity index is 2.56. The van der Waals surface area contributed by atoms with E-state index >= 15 is 0 Å². The van der Waals surface area contributed by atoms with Gasteiger partial charge in [0.1, 0.15) is 15.7 Å². The van der Waals surface area contributed by atoms with Crippen LogP contribution in [0.1, 0.15) is 12.0 Å². The Kier molecular flexibility index (Phi) is 4.72. The van der Waals surface area contributed by atoms with Gasteiger partial charge in [-0.3, -0.25) is 5.41 Å². The molecule has 3 N–H and O–H groups in total. The van der Waals surface area contributed by atoms with E-state index in [1.807, 2.05) is 24.1 Å². The second-order valence-corrected chi connectivity index (χ2v) is 6.63. The molecule has 0 aromatic heterocycles. The van der Waals surface area contributed by atoms with Crippen LogP contribution in [0.2, 0.25) is 0 Å². The molecular weight excluding hydrogens is 250 g/mol. The van der Waals surface area contributed by atoms with E-state index in [2.05, 4.69) is 0 Å². The number of hydrogen-bond acceptors (Lipinski definition) is 4. The number of rotatable bonds is 6. The van der Waals surface area contributed by atoms with E-state index in [-0.39, 0.29) is 11.6 Å². The number of nitrogens with two attached hydrogens (primary N) is 1. The van der Waals surface area contributed by atoms with E-state index in [9.17, 15) is 8.42 Å². The number of nitrogens with one attached hydrogen (secondary N) is 1. The first-order valence-corrected chi connectivity index (χ1v) is 7.69. The van der Waals surface area contributed by atoms with E-state index in [0.29, 0.717) is 18.5 Å². The number of hydrogen-bond donors (Lipinski definition) is 2. The molecule has 0 fully saturated rings. The number of anilines is 1. The van der Waals surface area contributed by atoms with Gasteiger partial charge >= 0.3 is 0 Å². The maximum atomic E-state index is 11.0. The van der Waals surface area contributed by atoms with E-state index in [4.69, 9.17) is 11.1 Å². The van der Waals surface area contributed by atoms with E-state index in [0.717, 1.165) is 5.69 Å². The molecule has 0 saturated heterocycles. The smallest absolute Gasteiger partial charge is 0.147 e. The average molecular weight is 269 g/mol. The van der Waals surface area contributed by atoms with Gasteiger partial charge in [-0.25, -0.2) is 8.42 Å². The van der Waals surface area contributed by atoms with E-state index < -0.39 is 9.84 Å². The van der Waals surface area contributed by atoms with Crippen molar-refractivity contribution in [2.45, 2.75) is 6.42 Å². The zero-order chi connectivity index (χ0) is 13.8. The van der Waals surface area contributed by atoms with Crippen LogP contribution in [0.4, 0.5) is 5.69 Å². The van der Waals surface area contributed by atoms with Crippen LogP contribution in [0.5, 0.6) is 0 Å². The highest BCUT2D eigenvalue weighted by Gasteiger charge is 2.05. The molecule has 5 nitrogen and oxygen atoms in total. The van der Waals surface area contributed by atoms with Crippen molar-refractivity contribution in [1.29, 1.82) is 5.41 Å². The Morgan fingerprint density at radius 1 is 1.33 bits per heavy atom. The second kappa shape index (κ2) is 5.86. The minimum absolute atomic E-state index is 0.0429. The molecule has 0 aliphatic rings. The van der Waals surface area contributed by atoms with Gasteiger partial charge in [-0.1, -0.05) is 0 Å². The van der Waals surface area contributed by atoms with E-state index in [1.165, 1.54) is 6.26 Å². The van der Waals surface area contributed by atoms with Gasteiger partial charge in [-0.15, -0.1) is 0 Å². The summed E-state index contributed by atoms with van der Waals surface area (Å²) >= 11 is 0. The molecule has 0 amide bonds. The van der Waals surface area contributed by atoms with Crippen LogP contribution in [-0.4, -0.2) is 39.9 Å². The Labute approximate surface area is 108 Å². The molecule has 0 aliphatic heterocycles. The number of nitrogen functional groups attached to an aromatic ring is 1. The molecule has 18 heavy (non-hydrogen) atoms. The summed E-state index contributed by atoms with van der Waals surface area (Å²) in [5.41, 5.74) is 7.03. The molecular formula is C12H19N3O2S. The Hall–Kier alpha value is -1.56. The molecule has 0 spiro atoms. The third kappa shape index (κ3) is 4.75. The highest BCUT2D eigenvalue weighted by atomic mass is 32.2. The molecule has 1 aromatic carbocycles. The first-order valence-electron chi connectivity index (χ1n) is 5.63. The molecule has 0 aliphatic carbocycles. The van der Waals surface area contributed by atoms with Crippen LogP contribution >= 0.6 is 0 Å². The van der Waals surface area contributed by atoms with Crippen LogP contribution in [0, 0.1) is 5.41 Å². The van der Waals surface area contributed by atoms with Crippen LogP contribution < -0.4 is 10.6 Å². The summed E-state index contributed by atoms with van der Waals surface area (Å²) in [7, 11) is -0.983. The van der Waals surface area contributed by atoms with Gasteiger partial charge in [-0.05, 0) is 30.7 Å². The lowest BCUT2D eigenvalue weighted by Crippen LogP contribution is -2.21. The minimum Gasteiger partial charge on any atom is -0.384 e. The fourth-order valence-electron chi connectivity index (χ4n) is 1.59. The SMILES string of the molecule is CN(CCCS(C)(=O)=O)c1ccc(C(=N)N)cc1. The number of amidine groups is 1. The van der Waals surface area contributed by atoms with Gasteiger partial charge in [0.2, 0.25) is 0 Å². The first kappa shape index (κ1) is 14.5. The van der Waals surface area contributed by atoms with Crippen molar-refractivity contribution >= 4 is 21.4 Å². The summed E-state index contributed by atoms with van der Waals surface area (Å²) in [5, 5.41) is 7.29. The van der Waals surface area contributed by atoms with E-state index in [1.54, 1.807) is 12.1 Å². The summed E-state index contributed by atoms with van der Waals surface area (Å²) < 4.78 is 22.0. The van der Waals surface area contributed by atoms with Gasteiger partial charge < -0.3 is 10.6 Å². The van der Waals surface area contributed by atoms with Gasteiger partial charge in [0, 0.05) is 31.1 Å². The first-order chi connectivity index (χ1) is 8.29. The summed E-state index contributed by atoms with van der Waals surface area (Å²) in [4.78, 5) is 1.98. The lowest BCUT2D eigenvalue weighted by molar-refractivity contribution is 0.599. The molecule has 6 heteroatoms.